The molecule has 0 radical (unpaired) electrons. The quantitative estimate of drug-likeness (QED) is 0.464. The van der Waals surface area contributed by atoms with Crippen molar-refractivity contribution in [2.75, 3.05) is 31.5 Å². The molecule has 1 aliphatic rings. The van der Waals surface area contributed by atoms with Crippen LogP contribution in [0.3, 0.4) is 0 Å². The molecule has 0 aromatic heterocycles. The fourth-order valence-electron chi connectivity index (χ4n) is 4.56. The first kappa shape index (κ1) is 25.4. The molecular formula is C29H35BrN4O. The number of fused-ring (bicyclic) bond motifs is 1. The lowest BCUT2D eigenvalue weighted by Gasteiger charge is -2.29. The van der Waals surface area contributed by atoms with E-state index in [9.17, 15) is 4.79 Å². The van der Waals surface area contributed by atoms with Gasteiger partial charge >= 0.3 is 0 Å². The molecule has 5 nitrogen and oxygen atoms in total. The summed E-state index contributed by atoms with van der Waals surface area (Å²) in [5.74, 6) is 0.0192. The molecule has 4 rings (SSSR count). The van der Waals surface area contributed by atoms with Gasteiger partial charge in [-0.25, -0.2) is 0 Å². The Balaban J connectivity index is 1.50. The van der Waals surface area contributed by atoms with Gasteiger partial charge in [0.15, 0.2) is 0 Å². The maximum Gasteiger partial charge on any atom is 0.239 e. The Morgan fingerprint density at radius 3 is 2.40 bits per heavy atom. The smallest absolute Gasteiger partial charge is 0.239 e. The second-order valence-corrected chi connectivity index (χ2v) is 10.1. The van der Waals surface area contributed by atoms with Crippen LogP contribution in [-0.2, 0) is 24.3 Å². The van der Waals surface area contributed by atoms with Gasteiger partial charge in [-0.15, -0.1) is 0 Å². The number of aryl methyl sites for hydroxylation is 1. The number of hydrogen-bond acceptors (Lipinski definition) is 4. The van der Waals surface area contributed by atoms with E-state index in [1.54, 1.807) is 0 Å². The van der Waals surface area contributed by atoms with Crippen LogP contribution in [0, 0.1) is 0 Å². The van der Waals surface area contributed by atoms with E-state index in [1.807, 2.05) is 35.2 Å². The maximum atomic E-state index is 13.6. The van der Waals surface area contributed by atoms with Crippen LogP contribution < -0.4 is 11.1 Å². The van der Waals surface area contributed by atoms with Gasteiger partial charge in [0.05, 0.1) is 6.04 Å². The van der Waals surface area contributed by atoms with Crippen molar-refractivity contribution in [1.82, 2.24) is 9.80 Å². The Bertz CT molecular complexity index is 1080. The average molecular weight is 536 g/mol. The Kier molecular flexibility index (Phi) is 9.35. The van der Waals surface area contributed by atoms with Crippen LogP contribution in [0.5, 0.6) is 0 Å². The van der Waals surface area contributed by atoms with Crippen molar-refractivity contribution in [3.8, 4) is 0 Å². The summed E-state index contributed by atoms with van der Waals surface area (Å²) < 4.78 is 1.01. The minimum absolute atomic E-state index is 0.0192. The number of nitrogens with zero attached hydrogens (tertiary/aromatic N) is 2. The number of halogens is 1. The number of anilines is 1. The molecule has 1 atom stereocenters. The molecule has 3 aromatic carbocycles. The van der Waals surface area contributed by atoms with Crippen LogP contribution in [0.25, 0.3) is 0 Å². The number of carbonyl (C=O) groups excluding carboxylic acids is 1. The van der Waals surface area contributed by atoms with E-state index in [0.29, 0.717) is 19.5 Å². The highest BCUT2D eigenvalue weighted by molar-refractivity contribution is 9.10. The molecule has 3 aromatic rings. The number of rotatable bonds is 6. The minimum Gasteiger partial charge on any atom is -0.385 e. The molecule has 35 heavy (non-hydrogen) atoms. The Hall–Kier alpha value is -2.67. The summed E-state index contributed by atoms with van der Waals surface area (Å²) in [7, 11) is 0. The summed E-state index contributed by atoms with van der Waals surface area (Å²) in [4.78, 5) is 18.0. The standard InChI is InChI=1S/C29H35BrN4O/c30-26-13-15-28-25(20-26)22-34(29(35)27(31)14-12-23-8-3-1-4-9-23)19-18-33(17-7-16-32-28)21-24-10-5-2-6-11-24/h1-6,8-11,13,15,20,27,32H,7,12,14,16-19,21-22,31H2/t27-/m0/s1. The van der Waals surface area contributed by atoms with E-state index in [-0.39, 0.29) is 5.91 Å². The molecule has 0 fully saturated rings. The van der Waals surface area contributed by atoms with Crippen LogP contribution in [-0.4, -0.2) is 47.9 Å². The summed E-state index contributed by atoms with van der Waals surface area (Å²) in [5, 5.41) is 3.59. The number of hydrogen-bond donors (Lipinski definition) is 2. The summed E-state index contributed by atoms with van der Waals surface area (Å²) in [6, 6.07) is 26.5. The van der Waals surface area contributed by atoms with Gasteiger partial charge in [-0.2, -0.15) is 0 Å². The van der Waals surface area contributed by atoms with Gasteiger partial charge in [-0.05, 0) is 54.2 Å². The zero-order valence-electron chi connectivity index (χ0n) is 20.2. The highest BCUT2D eigenvalue weighted by atomic mass is 79.9. The van der Waals surface area contributed by atoms with Crippen molar-refractivity contribution in [3.63, 3.8) is 0 Å². The van der Waals surface area contributed by atoms with Crippen molar-refractivity contribution >= 4 is 27.5 Å². The summed E-state index contributed by atoms with van der Waals surface area (Å²) in [5.41, 5.74) is 11.2. The monoisotopic (exact) mass is 534 g/mol. The first-order valence-corrected chi connectivity index (χ1v) is 13.2. The number of carbonyl (C=O) groups is 1. The highest BCUT2D eigenvalue weighted by Crippen LogP contribution is 2.24. The molecule has 0 saturated heterocycles. The van der Waals surface area contributed by atoms with Crippen LogP contribution in [0.1, 0.15) is 29.5 Å². The van der Waals surface area contributed by atoms with Gasteiger partial charge in [-0.1, -0.05) is 76.6 Å². The minimum atomic E-state index is -0.522. The average Bonchev–Trinajstić information content (AvgIpc) is 2.92. The SMILES string of the molecule is N[C@@H](CCc1ccccc1)C(=O)N1CCN(Cc2ccccc2)CCCNc2ccc(Br)cc2C1. The Morgan fingerprint density at radius 2 is 1.66 bits per heavy atom. The number of benzene rings is 3. The van der Waals surface area contributed by atoms with E-state index < -0.39 is 6.04 Å². The van der Waals surface area contributed by atoms with E-state index >= 15 is 0 Å². The molecule has 0 bridgehead atoms. The molecular weight excluding hydrogens is 500 g/mol. The van der Waals surface area contributed by atoms with Crippen molar-refractivity contribution < 1.29 is 4.79 Å². The molecule has 3 N–H and O–H groups in total. The number of nitrogens with one attached hydrogen (secondary N) is 1. The lowest BCUT2D eigenvalue weighted by molar-refractivity contribution is -0.133. The largest absolute Gasteiger partial charge is 0.385 e. The van der Waals surface area contributed by atoms with Crippen molar-refractivity contribution in [2.45, 2.75) is 38.4 Å². The lowest BCUT2D eigenvalue weighted by Crippen LogP contribution is -2.46. The molecule has 1 aliphatic heterocycles. The zero-order valence-corrected chi connectivity index (χ0v) is 21.8. The van der Waals surface area contributed by atoms with Crippen LogP contribution in [0.15, 0.2) is 83.3 Å². The molecule has 1 amide bonds. The van der Waals surface area contributed by atoms with Gasteiger partial charge in [0.2, 0.25) is 5.91 Å². The number of amides is 1. The lowest BCUT2D eigenvalue weighted by atomic mass is 10.0. The van der Waals surface area contributed by atoms with Gasteiger partial charge in [0.1, 0.15) is 0 Å². The maximum absolute atomic E-state index is 13.6. The van der Waals surface area contributed by atoms with Gasteiger partial charge in [0, 0.05) is 49.4 Å². The summed E-state index contributed by atoms with van der Waals surface area (Å²) in [6.45, 7) is 4.74. The van der Waals surface area contributed by atoms with Crippen LogP contribution in [0.4, 0.5) is 5.69 Å². The molecule has 0 spiro atoms. The van der Waals surface area contributed by atoms with E-state index in [0.717, 1.165) is 54.7 Å². The topological polar surface area (TPSA) is 61.6 Å². The Labute approximate surface area is 217 Å². The third-order valence-corrected chi connectivity index (χ3v) is 7.04. The third-order valence-electron chi connectivity index (χ3n) is 6.55. The molecule has 0 saturated carbocycles. The van der Waals surface area contributed by atoms with Gasteiger partial charge < -0.3 is 16.0 Å². The predicted octanol–water partition coefficient (Wildman–Crippen LogP) is 5.06. The molecule has 6 heteroatoms. The van der Waals surface area contributed by atoms with Crippen molar-refractivity contribution in [1.29, 1.82) is 0 Å². The normalized spacial score (nSPS) is 16.0. The van der Waals surface area contributed by atoms with E-state index in [1.165, 1.54) is 11.1 Å². The van der Waals surface area contributed by atoms with Crippen molar-refractivity contribution in [3.05, 3.63) is 100 Å². The van der Waals surface area contributed by atoms with E-state index in [2.05, 4.69) is 74.7 Å². The van der Waals surface area contributed by atoms with Crippen LogP contribution in [0.2, 0.25) is 0 Å². The second kappa shape index (κ2) is 12.9. The third kappa shape index (κ3) is 7.66. The van der Waals surface area contributed by atoms with Crippen LogP contribution >= 0.6 is 15.9 Å². The fraction of sp³-hybridized carbons (Fsp3) is 0.345. The van der Waals surface area contributed by atoms with E-state index in [4.69, 9.17) is 5.73 Å². The highest BCUT2D eigenvalue weighted by Gasteiger charge is 2.23. The fourth-order valence-corrected chi connectivity index (χ4v) is 4.97. The Morgan fingerprint density at radius 1 is 0.943 bits per heavy atom. The van der Waals surface area contributed by atoms with Gasteiger partial charge in [0.25, 0.3) is 0 Å². The first-order chi connectivity index (χ1) is 17.1. The molecule has 0 aliphatic carbocycles. The summed E-state index contributed by atoms with van der Waals surface area (Å²) >= 11 is 3.60. The molecule has 1 heterocycles. The molecule has 0 unspecified atom stereocenters. The molecule has 184 valence electrons. The second-order valence-electron chi connectivity index (χ2n) is 9.23. The number of nitrogens with two attached hydrogens (primary N) is 1. The summed E-state index contributed by atoms with van der Waals surface area (Å²) in [6.07, 6.45) is 2.47. The van der Waals surface area contributed by atoms with Crippen molar-refractivity contribution in [2.24, 2.45) is 5.73 Å². The predicted molar refractivity (Wildman–Crippen MR) is 147 cm³/mol. The van der Waals surface area contributed by atoms with Gasteiger partial charge in [-0.3, -0.25) is 9.69 Å². The zero-order chi connectivity index (χ0) is 24.5. The first-order valence-electron chi connectivity index (χ1n) is 12.5.